The maximum atomic E-state index is 13.4. The second-order valence-corrected chi connectivity index (χ2v) is 9.22. The zero-order chi connectivity index (χ0) is 23.7. The van der Waals surface area contributed by atoms with Crippen LogP contribution in [0.25, 0.3) is 21.3 Å². The zero-order valence-corrected chi connectivity index (χ0v) is 19.8. The van der Waals surface area contributed by atoms with Crippen molar-refractivity contribution in [3.63, 3.8) is 0 Å². The molecule has 2 aromatic heterocycles. The quantitative estimate of drug-likeness (QED) is 0.378. The molecule has 0 saturated heterocycles. The van der Waals surface area contributed by atoms with E-state index in [4.69, 9.17) is 0 Å². The van der Waals surface area contributed by atoms with Crippen molar-refractivity contribution in [2.24, 2.45) is 0 Å². The van der Waals surface area contributed by atoms with Crippen molar-refractivity contribution in [2.75, 3.05) is 5.32 Å². The maximum absolute atomic E-state index is 13.4. The first-order chi connectivity index (χ1) is 15.8. The predicted octanol–water partition coefficient (Wildman–Crippen LogP) is 5.65. The molecule has 2 aromatic carbocycles. The Labute approximate surface area is 195 Å². The number of Topliss-reactive ketones (excluding diaryl/α,β-unsaturated/α-hetero) is 1. The van der Waals surface area contributed by atoms with Crippen molar-refractivity contribution in [1.82, 2.24) is 9.55 Å². The summed E-state index contributed by atoms with van der Waals surface area (Å²) in [5.41, 5.74) is 3.85. The van der Waals surface area contributed by atoms with Gasteiger partial charge in [0, 0.05) is 29.1 Å². The lowest BCUT2D eigenvalue weighted by Gasteiger charge is -2.14. The summed E-state index contributed by atoms with van der Waals surface area (Å²) >= 11 is 1.42. The van der Waals surface area contributed by atoms with Gasteiger partial charge in [-0.25, -0.2) is 4.98 Å². The van der Waals surface area contributed by atoms with Gasteiger partial charge in [-0.2, -0.15) is 0 Å². The normalized spacial score (nSPS) is 12.2. The van der Waals surface area contributed by atoms with Crippen molar-refractivity contribution in [2.45, 2.75) is 39.7 Å². The van der Waals surface area contributed by atoms with E-state index in [0.29, 0.717) is 27.4 Å². The Balaban J connectivity index is 1.69. The summed E-state index contributed by atoms with van der Waals surface area (Å²) in [5.74, 6) is 0.0424. The number of thiophene rings is 1. The molecule has 0 aliphatic rings. The lowest BCUT2D eigenvalue weighted by molar-refractivity contribution is -0.114. The molecule has 0 fully saturated rings. The first-order valence-corrected chi connectivity index (χ1v) is 11.6. The van der Waals surface area contributed by atoms with E-state index in [-0.39, 0.29) is 17.2 Å². The molecule has 4 aromatic rings. The fourth-order valence-corrected chi connectivity index (χ4v) is 4.68. The summed E-state index contributed by atoms with van der Waals surface area (Å²) in [6, 6.07) is 14.1. The molecule has 0 aliphatic heterocycles. The van der Waals surface area contributed by atoms with Gasteiger partial charge in [0.05, 0.1) is 17.8 Å². The van der Waals surface area contributed by atoms with E-state index < -0.39 is 6.04 Å². The summed E-state index contributed by atoms with van der Waals surface area (Å²) in [5, 5.41) is 5.15. The topological polar surface area (TPSA) is 81.1 Å². The minimum Gasteiger partial charge on any atom is -0.326 e. The molecule has 1 atom stereocenters. The fourth-order valence-electron chi connectivity index (χ4n) is 3.77. The average molecular weight is 460 g/mol. The van der Waals surface area contributed by atoms with Gasteiger partial charge in [0.2, 0.25) is 5.91 Å². The van der Waals surface area contributed by atoms with Gasteiger partial charge >= 0.3 is 0 Å². The highest BCUT2D eigenvalue weighted by molar-refractivity contribution is 7.17. The van der Waals surface area contributed by atoms with Crippen LogP contribution < -0.4 is 10.9 Å². The Hall–Kier alpha value is -3.58. The monoisotopic (exact) mass is 459 g/mol. The van der Waals surface area contributed by atoms with Gasteiger partial charge in [-0.3, -0.25) is 19.0 Å². The van der Waals surface area contributed by atoms with Crippen molar-refractivity contribution >= 4 is 38.9 Å². The van der Waals surface area contributed by atoms with Crippen molar-refractivity contribution < 1.29 is 9.59 Å². The minimum atomic E-state index is -0.725. The van der Waals surface area contributed by atoms with Gasteiger partial charge in [0.1, 0.15) is 4.83 Å². The van der Waals surface area contributed by atoms with Gasteiger partial charge in [-0.05, 0) is 48.2 Å². The van der Waals surface area contributed by atoms with E-state index in [2.05, 4.69) is 36.3 Å². The highest BCUT2D eigenvalue weighted by Gasteiger charge is 2.21. The summed E-state index contributed by atoms with van der Waals surface area (Å²) in [6.45, 7) is 7.41. The van der Waals surface area contributed by atoms with Crippen LogP contribution in [0.15, 0.2) is 65.0 Å². The molecular weight excluding hydrogens is 434 g/mol. The molecule has 6 nitrogen and oxygen atoms in total. The van der Waals surface area contributed by atoms with Crippen LogP contribution in [-0.4, -0.2) is 21.2 Å². The van der Waals surface area contributed by atoms with Crippen LogP contribution in [-0.2, 0) is 4.79 Å². The molecule has 0 aliphatic carbocycles. The molecule has 168 valence electrons. The molecule has 0 saturated carbocycles. The number of anilines is 1. The number of hydrogen-bond acceptors (Lipinski definition) is 5. The number of benzene rings is 2. The Kier molecular flexibility index (Phi) is 6.24. The highest BCUT2D eigenvalue weighted by atomic mass is 32.1. The van der Waals surface area contributed by atoms with E-state index in [9.17, 15) is 14.4 Å². The van der Waals surface area contributed by atoms with Gasteiger partial charge in [0.15, 0.2) is 5.78 Å². The molecule has 1 N–H and O–H groups in total. The lowest BCUT2D eigenvalue weighted by Crippen LogP contribution is -2.28. The van der Waals surface area contributed by atoms with Gasteiger partial charge in [-0.15, -0.1) is 11.3 Å². The molecule has 2 heterocycles. The lowest BCUT2D eigenvalue weighted by atomic mass is 9.99. The molecule has 1 unspecified atom stereocenters. The summed E-state index contributed by atoms with van der Waals surface area (Å²) in [4.78, 5) is 42.8. The van der Waals surface area contributed by atoms with E-state index in [1.54, 1.807) is 31.2 Å². The number of carbonyl (C=O) groups excluding carboxylic acids is 2. The van der Waals surface area contributed by atoms with Crippen LogP contribution in [0.5, 0.6) is 0 Å². The number of hydrogen-bond donors (Lipinski definition) is 1. The largest absolute Gasteiger partial charge is 0.326 e. The first kappa shape index (κ1) is 22.6. The molecule has 7 heteroatoms. The van der Waals surface area contributed by atoms with Crippen molar-refractivity contribution in [3.8, 4) is 11.1 Å². The number of rotatable bonds is 6. The number of carbonyl (C=O) groups is 2. The average Bonchev–Trinajstić information content (AvgIpc) is 3.24. The fraction of sp³-hybridized carbons (Fsp3) is 0.231. The van der Waals surface area contributed by atoms with Crippen LogP contribution in [0.3, 0.4) is 0 Å². The van der Waals surface area contributed by atoms with E-state index in [0.717, 1.165) is 11.1 Å². The molecule has 0 radical (unpaired) electrons. The van der Waals surface area contributed by atoms with Crippen LogP contribution in [0.4, 0.5) is 5.69 Å². The number of nitrogens with zero attached hydrogens (tertiary/aromatic N) is 2. The van der Waals surface area contributed by atoms with Crippen molar-refractivity contribution in [1.29, 1.82) is 0 Å². The standard InChI is InChI=1S/C26H25N3O3S/c1-15(2)18-5-7-19(8-6-18)22-13-33-25-23(22)26(32)29(14-27-25)16(3)24(31)20-9-11-21(12-10-20)28-17(4)30/h5-16H,1-4H3,(H,28,30). The van der Waals surface area contributed by atoms with Crippen LogP contribution >= 0.6 is 11.3 Å². The molecule has 1 amide bonds. The maximum Gasteiger partial charge on any atom is 0.263 e. The Morgan fingerprint density at radius 1 is 1.00 bits per heavy atom. The molecule has 0 bridgehead atoms. The summed E-state index contributed by atoms with van der Waals surface area (Å²) < 4.78 is 1.39. The Bertz CT molecular complexity index is 1380. The van der Waals surface area contributed by atoms with E-state index in [1.807, 2.05) is 17.5 Å². The summed E-state index contributed by atoms with van der Waals surface area (Å²) in [6.07, 6.45) is 1.45. The van der Waals surface area contributed by atoms with Crippen LogP contribution in [0.2, 0.25) is 0 Å². The van der Waals surface area contributed by atoms with E-state index >= 15 is 0 Å². The summed E-state index contributed by atoms with van der Waals surface area (Å²) in [7, 11) is 0. The smallest absolute Gasteiger partial charge is 0.263 e. The Morgan fingerprint density at radius 2 is 1.67 bits per heavy atom. The molecule has 0 spiro atoms. The SMILES string of the molecule is CC(=O)Nc1ccc(C(=O)C(C)n2cnc3scc(-c4ccc(C(C)C)cc4)c3c2=O)cc1. The third-order valence-electron chi connectivity index (χ3n) is 5.69. The zero-order valence-electron chi connectivity index (χ0n) is 19.0. The number of aromatic nitrogens is 2. The molecular formula is C26H25N3O3S. The van der Waals surface area contributed by atoms with Gasteiger partial charge in [-0.1, -0.05) is 38.1 Å². The van der Waals surface area contributed by atoms with E-state index in [1.165, 1.54) is 34.7 Å². The molecule has 4 rings (SSSR count). The third-order valence-corrected chi connectivity index (χ3v) is 6.58. The second kappa shape index (κ2) is 9.11. The predicted molar refractivity (Wildman–Crippen MR) is 133 cm³/mol. The molecule has 33 heavy (non-hydrogen) atoms. The van der Waals surface area contributed by atoms with Crippen LogP contribution in [0.1, 0.15) is 55.6 Å². The third kappa shape index (κ3) is 4.50. The van der Waals surface area contributed by atoms with Crippen LogP contribution in [0, 0.1) is 0 Å². The Morgan fingerprint density at radius 3 is 2.27 bits per heavy atom. The second-order valence-electron chi connectivity index (χ2n) is 8.36. The van der Waals surface area contributed by atoms with Gasteiger partial charge in [0.25, 0.3) is 5.56 Å². The van der Waals surface area contributed by atoms with Crippen molar-refractivity contribution in [3.05, 3.63) is 81.7 Å². The highest BCUT2D eigenvalue weighted by Crippen LogP contribution is 2.32. The number of amides is 1. The number of nitrogens with one attached hydrogen (secondary N) is 1. The number of fused-ring (bicyclic) bond motifs is 1. The first-order valence-electron chi connectivity index (χ1n) is 10.8. The van der Waals surface area contributed by atoms with Gasteiger partial charge < -0.3 is 5.32 Å². The minimum absolute atomic E-state index is 0.182. The number of ketones is 1.